The van der Waals surface area contributed by atoms with Crippen molar-refractivity contribution in [3.63, 3.8) is 0 Å². The second-order valence-corrected chi connectivity index (χ2v) is 11.9. The lowest BCUT2D eigenvalue weighted by Crippen LogP contribution is -2.45. The van der Waals surface area contributed by atoms with Crippen molar-refractivity contribution in [2.75, 3.05) is 13.1 Å². The molecule has 1 saturated heterocycles. The molecule has 196 valence electrons. The molecule has 5 nitrogen and oxygen atoms in total. The Hall–Kier alpha value is -3.45. The first-order chi connectivity index (χ1) is 18.4. The minimum absolute atomic E-state index is 0.00199. The maximum Gasteiger partial charge on any atom is 0.243 e. The number of hydrogen-bond acceptors (Lipinski definition) is 4. The van der Waals surface area contributed by atoms with Gasteiger partial charge in [0.25, 0.3) is 0 Å². The molecule has 0 amide bonds. The van der Waals surface area contributed by atoms with Crippen LogP contribution in [0, 0.1) is 12.8 Å². The fourth-order valence-corrected chi connectivity index (χ4v) is 6.70. The first-order valence-corrected chi connectivity index (χ1v) is 14.4. The SMILES string of the molecule is Cc1ccc(S(=O)(=O)N2CC[C@H](c3ccc(OCc4ccccc4)cc3)[C@@H]([C@@H](O)c3ccccc3)C2)cc1. The number of aryl methyl sites for hydroxylation is 1. The molecule has 0 saturated carbocycles. The second kappa shape index (κ2) is 11.5. The zero-order chi connectivity index (χ0) is 26.5. The normalized spacial score (nSPS) is 19.1. The highest BCUT2D eigenvalue weighted by molar-refractivity contribution is 7.89. The summed E-state index contributed by atoms with van der Waals surface area (Å²) in [7, 11) is -3.67. The van der Waals surface area contributed by atoms with Crippen molar-refractivity contribution < 1.29 is 18.3 Å². The molecule has 1 aliphatic heterocycles. The fourth-order valence-electron chi connectivity index (χ4n) is 5.21. The summed E-state index contributed by atoms with van der Waals surface area (Å²) in [5.74, 6) is 0.470. The molecule has 3 atom stereocenters. The van der Waals surface area contributed by atoms with Gasteiger partial charge < -0.3 is 9.84 Å². The van der Waals surface area contributed by atoms with Crippen molar-refractivity contribution in [2.24, 2.45) is 5.92 Å². The van der Waals surface area contributed by atoms with Crippen LogP contribution in [-0.4, -0.2) is 30.9 Å². The summed E-state index contributed by atoms with van der Waals surface area (Å²) in [6.07, 6.45) is -0.185. The van der Waals surface area contributed by atoms with Gasteiger partial charge in [-0.2, -0.15) is 4.31 Å². The van der Waals surface area contributed by atoms with Crippen molar-refractivity contribution in [3.05, 3.63) is 131 Å². The summed E-state index contributed by atoms with van der Waals surface area (Å²) < 4.78 is 34.5. The van der Waals surface area contributed by atoms with E-state index in [1.807, 2.05) is 104 Å². The molecule has 5 rings (SSSR count). The van der Waals surface area contributed by atoms with E-state index in [9.17, 15) is 13.5 Å². The van der Waals surface area contributed by atoms with Crippen LogP contribution in [0.1, 0.15) is 40.7 Å². The number of sulfonamides is 1. The molecule has 0 aromatic heterocycles. The van der Waals surface area contributed by atoms with E-state index in [1.54, 1.807) is 12.1 Å². The van der Waals surface area contributed by atoms with Crippen LogP contribution in [0.15, 0.2) is 114 Å². The molecular weight excluding hydrogens is 494 g/mol. The highest BCUT2D eigenvalue weighted by atomic mass is 32.2. The maximum atomic E-state index is 13.5. The van der Waals surface area contributed by atoms with E-state index in [-0.39, 0.29) is 23.3 Å². The van der Waals surface area contributed by atoms with Crippen LogP contribution in [0.4, 0.5) is 0 Å². The lowest BCUT2D eigenvalue weighted by molar-refractivity contribution is 0.0587. The van der Waals surface area contributed by atoms with E-state index >= 15 is 0 Å². The Morgan fingerprint density at radius 3 is 2.16 bits per heavy atom. The van der Waals surface area contributed by atoms with Gasteiger partial charge in [-0.1, -0.05) is 90.5 Å². The number of piperidine rings is 1. The van der Waals surface area contributed by atoms with Crippen molar-refractivity contribution >= 4 is 10.0 Å². The Morgan fingerprint density at radius 2 is 1.50 bits per heavy atom. The Labute approximate surface area is 225 Å². The zero-order valence-corrected chi connectivity index (χ0v) is 22.3. The maximum absolute atomic E-state index is 13.5. The molecule has 4 aromatic rings. The number of rotatable bonds is 8. The van der Waals surface area contributed by atoms with Gasteiger partial charge in [0, 0.05) is 19.0 Å². The molecule has 1 fully saturated rings. The molecule has 1 heterocycles. The highest BCUT2D eigenvalue weighted by Gasteiger charge is 2.40. The van der Waals surface area contributed by atoms with Crippen molar-refractivity contribution in [2.45, 2.75) is 36.9 Å². The molecule has 1 N–H and O–H groups in total. The number of benzene rings is 4. The van der Waals surface area contributed by atoms with Gasteiger partial charge in [0.1, 0.15) is 12.4 Å². The summed E-state index contributed by atoms with van der Waals surface area (Å²) in [6, 6.07) is 34.5. The van der Waals surface area contributed by atoms with Gasteiger partial charge >= 0.3 is 0 Å². The first kappa shape index (κ1) is 26.2. The molecule has 0 radical (unpaired) electrons. The van der Waals surface area contributed by atoms with Gasteiger partial charge in [-0.15, -0.1) is 0 Å². The molecule has 38 heavy (non-hydrogen) atoms. The summed E-state index contributed by atoms with van der Waals surface area (Å²) in [4.78, 5) is 0.286. The first-order valence-electron chi connectivity index (χ1n) is 13.0. The van der Waals surface area contributed by atoms with Crippen LogP contribution in [-0.2, 0) is 16.6 Å². The molecule has 0 unspecified atom stereocenters. The number of ether oxygens (including phenoxy) is 1. The third-order valence-electron chi connectivity index (χ3n) is 7.38. The quantitative estimate of drug-likeness (QED) is 0.301. The van der Waals surface area contributed by atoms with Crippen LogP contribution in [0.5, 0.6) is 5.75 Å². The van der Waals surface area contributed by atoms with E-state index < -0.39 is 16.1 Å². The Kier molecular flexibility index (Phi) is 7.93. The Bertz CT molecular complexity index is 1420. The lowest BCUT2D eigenvalue weighted by atomic mass is 9.76. The van der Waals surface area contributed by atoms with Crippen molar-refractivity contribution in [1.29, 1.82) is 0 Å². The predicted molar refractivity (Wildman–Crippen MR) is 149 cm³/mol. The molecule has 6 heteroatoms. The predicted octanol–water partition coefficient (Wildman–Crippen LogP) is 6.10. The Morgan fingerprint density at radius 1 is 0.868 bits per heavy atom. The fraction of sp³-hybridized carbons (Fsp3) is 0.250. The molecule has 0 aliphatic carbocycles. The molecular formula is C32H33NO4S. The van der Waals surface area contributed by atoms with Crippen LogP contribution in [0.3, 0.4) is 0 Å². The molecule has 1 aliphatic rings. The number of aliphatic hydroxyl groups excluding tert-OH is 1. The standard InChI is InChI=1S/C32H33NO4S/c1-24-12-18-29(19-13-24)38(35,36)33-21-20-30(31(22-33)32(34)27-10-6-3-7-11-27)26-14-16-28(17-15-26)37-23-25-8-4-2-5-9-25/h2-19,30-32,34H,20-23H2,1H3/t30-,31+,32+/m1/s1. The number of nitrogens with zero attached hydrogens (tertiary/aromatic N) is 1. The van der Waals surface area contributed by atoms with E-state index in [4.69, 9.17) is 4.74 Å². The number of aliphatic hydroxyl groups is 1. The summed E-state index contributed by atoms with van der Waals surface area (Å²) in [6.45, 7) is 3.06. The highest BCUT2D eigenvalue weighted by Crippen LogP contribution is 2.42. The van der Waals surface area contributed by atoms with Crippen LogP contribution in [0.25, 0.3) is 0 Å². The molecule has 0 bridgehead atoms. The Balaban J connectivity index is 1.38. The number of hydrogen-bond donors (Lipinski definition) is 1. The summed E-state index contributed by atoms with van der Waals surface area (Å²) in [5.41, 5.74) is 3.98. The zero-order valence-electron chi connectivity index (χ0n) is 21.5. The minimum Gasteiger partial charge on any atom is -0.489 e. The van der Waals surface area contributed by atoms with Crippen LogP contribution >= 0.6 is 0 Å². The van der Waals surface area contributed by atoms with Gasteiger partial charge in [-0.25, -0.2) is 8.42 Å². The average Bonchev–Trinajstić information content (AvgIpc) is 2.97. The van der Waals surface area contributed by atoms with Gasteiger partial charge in [0.15, 0.2) is 0 Å². The van der Waals surface area contributed by atoms with E-state index in [2.05, 4.69) is 0 Å². The van der Waals surface area contributed by atoms with E-state index in [0.29, 0.717) is 19.6 Å². The van der Waals surface area contributed by atoms with Crippen LogP contribution in [0.2, 0.25) is 0 Å². The molecule has 0 spiro atoms. The van der Waals surface area contributed by atoms with E-state index in [0.717, 1.165) is 28.0 Å². The summed E-state index contributed by atoms with van der Waals surface area (Å²) >= 11 is 0. The van der Waals surface area contributed by atoms with Crippen molar-refractivity contribution in [1.82, 2.24) is 4.31 Å². The smallest absolute Gasteiger partial charge is 0.243 e. The van der Waals surface area contributed by atoms with Gasteiger partial charge in [-0.05, 0) is 60.2 Å². The monoisotopic (exact) mass is 527 g/mol. The second-order valence-electron chi connectivity index (χ2n) is 9.93. The topological polar surface area (TPSA) is 66.8 Å². The van der Waals surface area contributed by atoms with Crippen molar-refractivity contribution in [3.8, 4) is 5.75 Å². The lowest BCUT2D eigenvalue weighted by Gasteiger charge is -2.40. The average molecular weight is 528 g/mol. The third kappa shape index (κ3) is 5.83. The largest absolute Gasteiger partial charge is 0.489 e. The van der Waals surface area contributed by atoms with Gasteiger partial charge in [0.05, 0.1) is 11.0 Å². The third-order valence-corrected chi connectivity index (χ3v) is 9.26. The van der Waals surface area contributed by atoms with E-state index in [1.165, 1.54) is 4.31 Å². The van der Waals surface area contributed by atoms with Crippen LogP contribution < -0.4 is 4.74 Å². The van der Waals surface area contributed by atoms with Gasteiger partial charge in [0.2, 0.25) is 10.0 Å². The summed E-state index contributed by atoms with van der Waals surface area (Å²) in [5, 5.41) is 11.5. The van der Waals surface area contributed by atoms with Gasteiger partial charge in [-0.3, -0.25) is 0 Å². The molecule has 4 aromatic carbocycles. The minimum atomic E-state index is -3.67.